The van der Waals surface area contributed by atoms with Crippen LogP contribution in [0.3, 0.4) is 0 Å². The number of hydrogen-bond donors (Lipinski definition) is 2. The highest BCUT2D eigenvalue weighted by molar-refractivity contribution is 6.30. The van der Waals surface area contributed by atoms with Gasteiger partial charge in [-0.2, -0.15) is 10.1 Å². The van der Waals surface area contributed by atoms with E-state index < -0.39 is 0 Å². The van der Waals surface area contributed by atoms with Crippen LogP contribution >= 0.6 is 11.6 Å². The van der Waals surface area contributed by atoms with Crippen molar-refractivity contribution in [1.82, 2.24) is 20.2 Å². The number of rotatable bonds is 5. The molecule has 0 spiro atoms. The molecule has 7 heteroatoms. The van der Waals surface area contributed by atoms with Gasteiger partial charge in [-0.15, -0.1) is 0 Å². The molecule has 1 fully saturated rings. The monoisotopic (exact) mass is 456 g/mol. The lowest BCUT2D eigenvalue weighted by Gasteiger charge is -2.27. The van der Waals surface area contributed by atoms with Gasteiger partial charge in [0.15, 0.2) is 5.82 Å². The number of nitrogens with one attached hydrogen (secondary N) is 2. The molecule has 0 radical (unpaired) electrons. The van der Waals surface area contributed by atoms with Crippen LogP contribution in [0.1, 0.15) is 42.0 Å². The van der Waals surface area contributed by atoms with E-state index in [0.717, 1.165) is 53.0 Å². The maximum absolute atomic E-state index is 6.14. The minimum atomic E-state index is 0.629. The molecule has 2 aromatic carbocycles. The van der Waals surface area contributed by atoms with Crippen molar-refractivity contribution in [3.05, 3.63) is 76.5 Å². The second kappa shape index (κ2) is 8.19. The van der Waals surface area contributed by atoms with Crippen LogP contribution in [0.2, 0.25) is 5.02 Å². The van der Waals surface area contributed by atoms with Crippen molar-refractivity contribution in [3.8, 4) is 0 Å². The van der Waals surface area contributed by atoms with Crippen LogP contribution in [-0.2, 0) is 0 Å². The van der Waals surface area contributed by atoms with E-state index in [1.807, 2.05) is 36.4 Å². The topological polar surface area (TPSA) is 69.7 Å². The lowest BCUT2D eigenvalue weighted by molar-refractivity contribution is 0.800. The van der Waals surface area contributed by atoms with Crippen LogP contribution in [-0.4, -0.2) is 33.3 Å². The minimum Gasteiger partial charge on any atom is -0.337 e. The summed E-state index contributed by atoms with van der Waals surface area (Å²) in [7, 11) is 0. The quantitative estimate of drug-likeness (QED) is 0.372. The molecule has 0 amide bonds. The van der Waals surface area contributed by atoms with E-state index in [9.17, 15) is 0 Å². The van der Waals surface area contributed by atoms with E-state index >= 15 is 0 Å². The molecule has 166 valence electrons. The van der Waals surface area contributed by atoms with Crippen molar-refractivity contribution in [2.24, 2.45) is 0 Å². The van der Waals surface area contributed by atoms with E-state index in [2.05, 4.69) is 45.5 Å². The molecule has 0 unspecified atom stereocenters. The lowest BCUT2D eigenvalue weighted by Crippen LogP contribution is -2.30. The van der Waals surface area contributed by atoms with E-state index in [1.165, 1.54) is 35.2 Å². The molecule has 0 saturated heterocycles. The molecule has 0 atom stereocenters. The van der Waals surface area contributed by atoms with Crippen LogP contribution < -0.4 is 10.2 Å². The number of benzene rings is 2. The van der Waals surface area contributed by atoms with E-state index in [4.69, 9.17) is 21.6 Å². The zero-order valence-corrected chi connectivity index (χ0v) is 19.2. The molecule has 0 bridgehead atoms. The second-order valence-corrected chi connectivity index (χ2v) is 9.32. The summed E-state index contributed by atoms with van der Waals surface area (Å²) in [6.07, 6.45) is 5.69. The van der Waals surface area contributed by atoms with Crippen LogP contribution in [0.25, 0.3) is 16.5 Å². The Morgan fingerprint density at radius 1 is 1.09 bits per heavy atom. The number of halogens is 1. The summed E-state index contributed by atoms with van der Waals surface area (Å²) in [5.41, 5.74) is 5.95. The predicted octanol–water partition coefficient (Wildman–Crippen LogP) is 6.23. The van der Waals surface area contributed by atoms with Crippen molar-refractivity contribution in [2.75, 3.05) is 23.3 Å². The molecule has 1 aliphatic heterocycles. The van der Waals surface area contributed by atoms with Crippen molar-refractivity contribution in [2.45, 2.75) is 32.1 Å². The third kappa shape index (κ3) is 4.07. The molecule has 2 aliphatic rings. The number of para-hydroxylation sites is 1. The third-order valence-corrected chi connectivity index (χ3v) is 6.71. The summed E-state index contributed by atoms with van der Waals surface area (Å²) in [5, 5.41) is 12.8. The molecule has 4 aromatic rings. The zero-order valence-electron chi connectivity index (χ0n) is 18.5. The maximum atomic E-state index is 6.14. The average Bonchev–Trinajstić information content (AvgIpc) is 3.58. The number of hydrogen-bond acceptors (Lipinski definition) is 5. The molecule has 2 aromatic heterocycles. The lowest BCUT2D eigenvalue weighted by atomic mass is 9.96. The Morgan fingerprint density at radius 2 is 1.97 bits per heavy atom. The molecule has 2 N–H and O–H groups in total. The summed E-state index contributed by atoms with van der Waals surface area (Å²) in [4.78, 5) is 12.0. The Hall–Kier alpha value is -3.38. The summed E-state index contributed by atoms with van der Waals surface area (Å²) >= 11 is 6.14. The summed E-state index contributed by atoms with van der Waals surface area (Å²) in [6, 6.07) is 16.3. The second-order valence-electron chi connectivity index (χ2n) is 8.88. The average molecular weight is 457 g/mol. The highest BCUT2D eigenvalue weighted by Crippen LogP contribution is 2.40. The third-order valence-electron chi connectivity index (χ3n) is 6.48. The number of anilines is 3. The van der Waals surface area contributed by atoms with Gasteiger partial charge < -0.3 is 10.2 Å². The Morgan fingerprint density at radius 3 is 2.76 bits per heavy atom. The maximum Gasteiger partial charge on any atom is 0.228 e. The van der Waals surface area contributed by atoms with Gasteiger partial charge in [-0.05, 0) is 67.2 Å². The number of aromatic nitrogens is 4. The summed E-state index contributed by atoms with van der Waals surface area (Å²) in [5.74, 6) is 2.94. The fourth-order valence-electron chi connectivity index (χ4n) is 4.51. The van der Waals surface area contributed by atoms with Crippen LogP contribution in [0.4, 0.5) is 17.6 Å². The number of H-pyrrole nitrogens is 1. The van der Waals surface area contributed by atoms with Gasteiger partial charge in [0.05, 0.1) is 5.52 Å². The van der Waals surface area contributed by atoms with Gasteiger partial charge in [0.25, 0.3) is 0 Å². The first-order valence-corrected chi connectivity index (χ1v) is 11.8. The van der Waals surface area contributed by atoms with Crippen molar-refractivity contribution in [3.63, 3.8) is 0 Å². The standard InChI is InChI=1S/C26H25ClN6/c1-16-14-19(27)8-9-20(16)17-10-12-33(13-11-17)26-28-22-5-3-2-4-21(22)25(30-26)29-24-15-23(31-32-24)18-6-7-18/h2-5,8-10,14-15,18H,6-7,11-13H2,1H3,(H2,28,29,30,31,32). The Kier molecular flexibility index (Phi) is 5.03. The number of aryl methyl sites for hydroxylation is 1. The molecular weight excluding hydrogens is 432 g/mol. The first-order chi connectivity index (χ1) is 16.1. The zero-order chi connectivity index (χ0) is 22.4. The molecule has 1 aliphatic carbocycles. The molecule has 1 saturated carbocycles. The van der Waals surface area contributed by atoms with E-state index in [0.29, 0.717) is 5.92 Å². The number of aromatic amines is 1. The van der Waals surface area contributed by atoms with Gasteiger partial charge in [0, 0.05) is 41.2 Å². The van der Waals surface area contributed by atoms with Crippen LogP contribution in [0, 0.1) is 6.92 Å². The van der Waals surface area contributed by atoms with E-state index in [1.54, 1.807) is 0 Å². The SMILES string of the molecule is Cc1cc(Cl)ccc1C1=CCN(c2nc(Nc3cc(C4CC4)[nH]n3)c3ccccc3n2)CC1. The minimum absolute atomic E-state index is 0.629. The summed E-state index contributed by atoms with van der Waals surface area (Å²) in [6.45, 7) is 3.74. The fourth-order valence-corrected chi connectivity index (χ4v) is 4.74. The number of nitrogens with zero attached hydrogens (tertiary/aromatic N) is 4. The molecule has 3 heterocycles. The smallest absolute Gasteiger partial charge is 0.228 e. The van der Waals surface area contributed by atoms with Crippen LogP contribution in [0.5, 0.6) is 0 Å². The molecule has 6 rings (SSSR count). The Labute approximate surface area is 197 Å². The van der Waals surface area contributed by atoms with Gasteiger partial charge in [-0.1, -0.05) is 35.9 Å². The number of fused-ring (bicyclic) bond motifs is 1. The molecule has 33 heavy (non-hydrogen) atoms. The van der Waals surface area contributed by atoms with Crippen LogP contribution in [0.15, 0.2) is 54.6 Å². The van der Waals surface area contributed by atoms with Gasteiger partial charge in [-0.3, -0.25) is 5.10 Å². The van der Waals surface area contributed by atoms with Gasteiger partial charge in [0.1, 0.15) is 5.82 Å². The Bertz CT molecular complexity index is 1370. The van der Waals surface area contributed by atoms with Gasteiger partial charge in [-0.25, -0.2) is 4.98 Å². The summed E-state index contributed by atoms with van der Waals surface area (Å²) < 4.78 is 0. The fraction of sp³-hybridized carbons (Fsp3) is 0.269. The van der Waals surface area contributed by atoms with Gasteiger partial charge >= 0.3 is 0 Å². The predicted molar refractivity (Wildman–Crippen MR) is 134 cm³/mol. The van der Waals surface area contributed by atoms with Crippen molar-refractivity contribution < 1.29 is 0 Å². The first-order valence-electron chi connectivity index (χ1n) is 11.4. The molecule has 6 nitrogen and oxygen atoms in total. The highest BCUT2D eigenvalue weighted by atomic mass is 35.5. The largest absolute Gasteiger partial charge is 0.337 e. The highest BCUT2D eigenvalue weighted by Gasteiger charge is 2.26. The normalized spacial score (nSPS) is 16.2. The van der Waals surface area contributed by atoms with Crippen molar-refractivity contribution >= 4 is 45.7 Å². The Balaban J connectivity index is 1.29. The van der Waals surface area contributed by atoms with Gasteiger partial charge in [0.2, 0.25) is 5.95 Å². The van der Waals surface area contributed by atoms with E-state index in [-0.39, 0.29) is 0 Å². The van der Waals surface area contributed by atoms with Crippen molar-refractivity contribution in [1.29, 1.82) is 0 Å². The first kappa shape index (κ1) is 20.2. The molecular formula is C26H25ClN6.